The quantitative estimate of drug-likeness (QED) is 0.0492. The van der Waals surface area contributed by atoms with E-state index in [2.05, 4.69) is 18.7 Å². The van der Waals surface area contributed by atoms with Gasteiger partial charge in [0, 0.05) is 32.8 Å². The SMILES string of the molecule is CCCCCCCCCCCCCCCCOC[C@H](COP(=O)(O)OCCN1CCOCC1)OCCCCCCCCCCCCCCCC. The summed E-state index contributed by atoms with van der Waals surface area (Å²) in [5.41, 5.74) is 0. The van der Waals surface area contributed by atoms with Crippen LogP contribution in [-0.4, -0.2) is 81.8 Å². The topological polar surface area (TPSA) is 86.7 Å². The summed E-state index contributed by atoms with van der Waals surface area (Å²) in [7, 11) is -4.16. The molecule has 0 saturated carbocycles. The van der Waals surface area contributed by atoms with Crippen LogP contribution < -0.4 is 0 Å². The molecule has 0 amide bonds. The molecule has 1 unspecified atom stereocenters. The Kier molecular flexibility index (Phi) is 35.8. The Hall–Kier alpha value is -0.0500. The van der Waals surface area contributed by atoms with E-state index in [0.717, 1.165) is 32.4 Å². The molecule has 0 bridgehead atoms. The number of nitrogens with zero attached hydrogens (tertiary/aromatic N) is 1. The molecule has 0 aromatic heterocycles. The smallest absolute Gasteiger partial charge is 0.379 e. The van der Waals surface area contributed by atoms with Crippen molar-refractivity contribution in [2.75, 3.05) is 65.9 Å². The number of phosphoric ester groups is 1. The summed E-state index contributed by atoms with van der Waals surface area (Å²) in [4.78, 5) is 12.4. The van der Waals surface area contributed by atoms with Crippen molar-refractivity contribution in [1.82, 2.24) is 4.90 Å². The van der Waals surface area contributed by atoms with Gasteiger partial charge in [0.05, 0.1) is 33.0 Å². The number of morpholine rings is 1. The first kappa shape index (κ1) is 48.0. The van der Waals surface area contributed by atoms with Gasteiger partial charge < -0.3 is 19.1 Å². The second-order valence-electron chi connectivity index (χ2n) is 14.8. The Labute approximate surface area is 310 Å². The van der Waals surface area contributed by atoms with Crippen molar-refractivity contribution < 1.29 is 32.7 Å². The first-order valence-corrected chi connectivity index (χ1v) is 23.2. The van der Waals surface area contributed by atoms with Crippen molar-refractivity contribution in [1.29, 1.82) is 0 Å². The maximum Gasteiger partial charge on any atom is 0.472 e. The molecule has 1 heterocycles. The van der Waals surface area contributed by atoms with E-state index in [9.17, 15) is 9.46 Å². The molecule has 0 aromatic rings. The molecule has 1 fully saturated rings. The fourth-order valence-corrected chi connectivity index (χ4v) is 7.37. The first-order valence-electron chi connectivity index (χ1n) is 21.7. The average molecular weight is 734 g/mol. The Morgan fingerprint density at radius 1 is 0.540 bits per heavy atom. The lowest BCUT2D eigenvalue weighted by Crippen LogP contribution is -2.38. The lowest BCUT2D eigenvalue weighted by atomic mass is 10.0. The second kappa shape index (κ2) is 37.3. The van der Waals surface area contributed by atoms with Gasteiger partial charge in [0.15, 0.2) is 0 Å². The van der Waals surface area contributed by atoms with Gasteiger partial charge in [-0.25, -0.2) is 4.57 Å². The van der Waals surface area contributed by atoms with Crippen molar-refractivity contribution in [3.63, 3.8) is 0 Å². The highest BCUT2D eigenvalue weighted by atomic mass is 31.2. The van der Waals surface area contributed by atoms with Crippen molar-refractivity contribution in [3.8, 4) is 0 Å². The van der Waals surface area contributed by atoms with E-state index in [1.54, 1.807) is 0 Å². The minimum atomic E-state index is -4.16. The fourth-order valence-electron chi connectivity index (χ4n) is 6.63. The number of hydrogen-bond donors (Lipinski definition) is 1. The van der Waals surface area contributed by atoms with Crippen molar-refractivity contribution >= 4 is 7.82 Å². The number of phosphoric acid groups is 1. The molecule has 1 saturated heterocycles. The fraction of sp³-hybridized carbons (Fsp3) is 1.00. The normalized spacial score (nSPS) is 15.8. The highest BCUT2D eigenvalue weighted by molar-refractivity contribution is 7.47. The van der Waals surface area contributed by atoms with Gasteiger partial charge in [0.25, 0.3) is 0 Å². The number of hydrogen-bond acceptors (Lipinski definition) is 7. The molecule has 1 rings (SSSR count). The maximum atomic E-state index is 12.6. The van der Waals surface area contributed by atoms with E-state index >= 15 is 0 Å². The van der Waals surface area contributed by atoms with Gasteiger partial charge in [-0.15, -0.1) is 0 Å². The number of rotatable bonds is 40. The first-order chi connectivity index (χ1) is 24.6. The third-order valence-corrected chi connectivity index (χ3v) is 11.0. The minimum absolute atomic E-state index is 0.0112. The molecule has 300 valence electrons. The lowest BCUT2D eigenvalue weighted by Gasteiger charge is -2.26. The predicted octanol–water partition coefficient (Wildman–Crippen LogP) is 11.8. The van der Waals surface area contributed by atoms with Gasteiger partial charge in [0.1, 0.15) is 6.10 Å². The summed E-state index contributed by atoms with van der Waals surface area (Å²) in [6.07, 6.45) is 36.8. The van der Waals surface area contributed by atoms with Crippen LogP contribution in [0.5, 0.6) is 0 Å². The second-order valence-corrected chi connectivity index (χ2v) is 16.3. The Balaban J connectivity index is 2.17. The summed E-state index contributed by atoms with van der Waals surface area (Å²) in [5, 5.41) is 0. The molecule has 0 radical (unpaired) electrons. The average Bonchev–Trinajstić information content (AvgIpc) is 3.12. The predicted molar refractivity (Wildman–Crippen MR) is 210 cm³/mol. The third kappa shape index (κ3) is 33.8. The van der Waals surface area contributed by atoms with E-state index in [1.165, 1.54) is 161 Å². The van der Waals surface area contributed by atoms with Crippen LogP contribution in [0.2, 0.25) is 0 Å². The zero-order valence-electron chi connectivity index (χ0n) is 33.2. The van der Waals surface area contributed by atoms with Crippen LogP contribution >= 0.6 is 7.82 Å². The summed E-state index contributed by atoms with van der Waals surface area (Å²) in [6, 6.07) is 0. The van der Waals surface area contributed by atoms with Gasteiger partial charge in [-0.05, 0) is 12.8 Å². The molecule has 8 nitrogen and oxygen atoms in total. The van der Waals surface area contributed by atoms with Crippen LogP contribution in [0.1, 0.15) is 194 Å². The molecule has 9 heteroatoms. The van der Waals surface area contributed by atoms with Crippen LogP contribution in [0.15, 0.2) is 0 Å². The van der Waals surface area contributed by atoms with Crippen LogP contribution in [0.3, 0.4) is 0 Å². The molecular weight excluding hydrogens is 649 g/mol. The highest BCUT2D eigenvalue weighted by Crippen LogP contribution is 2.43. The van der Waals surface area contributed by atoms with Gasteiger partial charge in [-0.1, -0.05) is 181 Å². The van der Waals surface area contributed by atoms with Gasteiger partial charge in [0.2, 0.25) is 0 Å². The van der Waals surface area contributed by atoms with E-state index in [1.807, 2.05) is 0 Å². The lowest BCUT2D eigenvalue weighted by molar-refractivity contribution is -0.0448. The molecule has 0 aliphatic carbocycles. The van der Waals surface area contributed by atoms with Crippen LogP contribution in [0.25, 0.3) is 0 Å². The largest absolute Gasteiger partial charge is 0.472 e. The molecule has 50 heavy (non-hydrogen) atoms. The maximum absolute atomic E-state index is 12.6. The summed E-state index contributed by atoms with van der Waals surface area (Å²) in [6.45, 7) is 9.93. The standard InChI is InChI=1S/C41H84NO7P/c1-3-5-7-9-11-13-15-17-19-21-23-25-27-29-34-46-39-41(40-49-50(43,44)48-38-33-42-31-36-45-37-32-42)47-35-30-28-26-24-22-20-18-16-14-12-10-8-6-4-2/h41H,3-40H2,1-2H3,(H,43,44)/t41-/m1/s1. The molecular formula is C41H84NO7P. The monoisotopic (exact) mass is 734 g/mol. The molecule has 2 atom stereocenters. The molecule has 1 aliphatic rings. The van der Waals surface area contributed by atoms with Gasteiger partial charge >= 0.3 is 7.82 Å². The zero-order valence-corrected chi connectivity index (χ0v) is 34.1. The van der Waals surface area contributed by atoms with Crippen LogP contribution in [0, 0.1) is 0 Å². The summed E-state index contributed by atoms with van der Waals surface area (Å²) in [5.74, 6) is 0. The van der Waals surface area contributed by atoms with Gasteiger partial charge in [-0.2, -0.15) is 0 Å². The molecule has 1 N–H and O–H groups in total. The van der Waals surface area contributed by atoms with E-state index in [-0.39, 0.29) is 19.3 Å². The summed E-state index contributed by atoms with van der Waals surface area (Å²) < 4.78 is 40.6. The van der Waals surface area contributed by atoms with Gasteiger partial charge in [-0.3, -0.25) is 13.9 Å². The highest BCUT2D eigenvalue weighted by Gasteiger charge is 2.24. The van der Waals surface area contributed by atoms with E-state index in [0.29, 0.717) is 39.6 Å². The Morgan fingerprint density at radius 3 is 1.38 bits per heavy atom. The molecule has 0 spiro atoms. The Bertz CT molecular complexity index is 725. The van der Waals surface area contributed by atoms with Crippen LogP contribution in [-0.2, 0) is 27.8 Å². The third-order valence-electron chi connectivity index (χ3n) is 9.99. The van der Waals surface area contributed by atoms with Crippen molar-refractivity contribution in [3.05, 3.63) is 0 Å². The van der Waals surface area contributed by atoms with E-state index in [4.69, 9.17) is 23.3 Å². The minimum Gasteiger partial charge on any atom is -0.379 e. The Morgan fingerprint density at radius 2 is 0.940 bits per heavy atom. The number of ether oxygens (including phenoxy) is 3. The van der Waals surface area contributed by atoms with Crippen LogP contribution in [0.4, 0.5) is 0 Å². The van der Waals surface area contributed by atoms with E-state index < -0.39 is 7.82 Å². The van der Waals surface area contributed by atoms with Crippen molar-refractivity contribution in [2.24, 2.45) is 0 Å². The summed E-state index contributed by atoms with van der Waals surface area (Å²) >= 11 is 0. The molecule has 0 aromatic carbocycles. The number of unbranched alkanes of at least 4 members (excludes halogenated alkanes) is 26. The zero-order chi connectivity index (χ0) is 36.1. The van der Waals surface area contributed by atoms with Crippen molar-refractivity contribution in [2.45, 2.75) is 200 Å². The molecule has 1 aliphatic heterocycles.